The first-order valence-corrected chi connectivity index (χ1v) is 7.28. The van der Waals surface area contributed by atoms with Crippen LogP contribution in [0, 0.1) is 23.2 Å². The van der Waals surface area contributed by atoms with E-state index in [1.807, 2.05) is 0 Å². The smallest absolute Gasteiger partial charge is 0.310 e. The molecule has 0 aromatic rings. The van der Waals surface area contributed by atoms with E-state index in [1.165, 1.54) is 38.5 Å². The summed E-state index contributed by atoms with van der Waals surface area (Å²) in [4.78, 5) is 22.1. The van der Waals surface area contributed by atoms with Crippen molar-refractivity contribution in [3.05, 3.63) is 0 Å². The van der Waals surface area contributed by atoms with E-state index in [9.17, 15) is 9.59 Å². The van der Waals surface area contributed by atoms with Gasteiger partial charge in [0.1, 0.15) is 12.2 Å². The molecule has 1 N–H and O–H groups in total. The van der Waals surface area contributed by atoms with Crippen LogP contribution in [0.2, 0.25) is 0 Å². The van der Waals surface area contributed by atoms with Gasteiger partial charge in [-0.25, -0.2) is 0 Å². The molecule has 0 aromatic heterocycles. The van der Waals surface area contributed by atoms with Crippen molar-refractivity contribution in [1.82, 2.24) is 0 Å². The fourth-order valence-electron chi connectivity index (χ4n) is 5.26. The van der Waals surface area contributed by atoms with Crippen molar-refractivity contribution >= 4 is 11.8 Å². The Hall–Kier alpha value is -0.860. The highest BCUT2D eigenvalue weighted by atomic mass is 16.4. The van der Waals surface area contributed by atoms with Gasteiger partial charge in [0.05, 0.1) is 0 Å². The summed E-state index contributed by atoms with van der Waals surface area (Å²) in [6.45, 7) is 0. The standard InChI is InChI=1S/C15H22O3/c16-13(6-14(17)18)1-2-15-7-10-3-11(8-15)5-12(4-10)9-15/h10-12H,1-9H2,(H,17,18). The van der Waals surface area contributed by atoms with Crippen LogP contribution in [-0.4, -0.2) is 16.9 Å². The Balaban J connectivity index is 1.59. The van der Waals surface area contributed by atoms with Crippen molar-refractivity contribution in [3.63, 3.8) is 0 Å². The number of carboxylic acids is 1. The number of hydrogen-bond acceptors (Lipinski definition) is 2. The number of carboxylic acid groups (broad SMARTS) is 1. The molecule has 100 valence electrons. The maximum Gasteiger partial charge on any atom is 0.310 e. The monoisotopic (exact) mass is 250 g/mol. The summed E-state index contributed by atoms with van der Waals surface area (Å²) in [6, 6.07) is 0. The van der Waals surface area contributed by atoms with Crippen molar-refractivity contribution in [2.75, 3.05) is 0 Å². The molecule has 4 saturated carbocycles. The van der Waals surface area contributed by atoms with Crippen molar-refractivity contribution in [2.24, 2.45) is 23.2 Å². The van der Waals surface area contributed by atoms with Gasteiger partial charge in [0.2, 0.25) is 0 Å². The van der Waals surface area contributed by atoms with Gasteiger partial charge in [0, 0.05) is 6.42 Å². The van der Waals surface area contributed by atoms with Crippen LogP contribution in [0.1, 0.15) is 57.8 Å². The van der Waals surface area contributed by atoms with Crippen molar-refractivity contribution < 1.29 is 14.7 Å². The van der Waals surface area contributed by atoms with Gasteiger partial charge in [0.15, 0.2) is 0 Å². The van der Waals surface area contributed by atoms with Gasteiger partial charge in [-0.2, -0.15) is 0 Å². The number of carbonyl (C=O) groups excluding carboxylic acids is 1. The molecule has 18 heavy (non-hydrogen) atoms. The molecule has 4 aliphatic carbocycles. The predicted molar refractivity (Wildman–Crippen MR) is 67.1 cm³/mol. The van der Waals surface area contributed by atoms with E-state index in [4.69, 9.17) is 5.11 Å². The van der Waals surface area contributed by atoms with Crippen LogP contribution in [0.3, 0.4) is 0 Å². The molecule has 4 bridgehead atoms. The minimum atomic E-state index is -0.981. The number of hydrogen-bond donors (Lipinski definition) is 1. The second-order valence-electron chi connectivity index (χ2n) is 7.03. The minimum Gasteiger partial charge on any atom is -0.481 e. The summed E-state index contributed by atoms with van der Waals surface area (Å²) in [5, 5.41) is 8.62. The molecule has 0 heterocycles. The van der Waals surface area contributed by atoms with Crippen LogP contribution < -0.4 is 0 Å². The topological polar surface area (TPSA) is 54.4 Å². The molecule has 0 atom stereocenters. The Bertz CT molecular complexity index is 337. The molecule has 0 saturated heterocycles. The van der Waals surface area contributed by atoms with Gasteiger partial charge >= 0.3 is 5.97 Å². The van der Waals surface area contributed by atoms with E-state index < -0.39 is 5.97 Å². The molecule has 0 aromatic carbocycles. The largest absolute Gasteiger partial charge is 0.481 e. The zero-order valence-corrected chi connectivity index (χ0v) is 10.9. The van der Waals surface area contributed by atoms with Gasteiger partial charge in [-0.3, -0.25) is 9.59 Å². The van der Waals surface area contributed by atoms with Gasteiger partial charge in [-0.1, -0.05) is 0 Å². The van der Waals surface area contributed by atoms with Crippen molar-refractivity contribution in [3.8, 4) is 0 Å². The van der Waals surface area contributed by atoms with Gasteiger partial charge in [-0.05, 0) is 68.1 Å². The van der Waals surface area contributed by atoms with Crippen molar-refractivity contribution in [2.45, 2.75) is 57.8 Å². The molecule has 3 heteroatoms. The molecule has 0 spiro atoms. The molecular weight excluding hydrogens is 228 g/mol. The Morgan fingerprint density at radius 2 is 1.50 bits per heavy atom. The van der Waals surface area contributed by atoms with E-state index in [0.29, 0.717) is 11.8 Å². The average molecular weight is 250 g/mol. The van der Waals surface area contributed by atoms with E-state index in [-0.39, 0.29) is 12.2 Å². The summed E-state index contributed by atoms with van der Waals surface area (Å²) in [5.74, 6) is 1.66. The second-order valence-corrected chi connectivity index (χ2v) is 7.03. The van der Waals surface area contributed by atoms with Crippen LogP contribution in [0.15, 0.2) is 0 Å². The lowest BCUT2D eigenvalue weighted by atomic mass is 9.48. The summed E-state index contributed by atoms with van der Waals surface area (Å²) in [6.07, 6.45) is 9.32. The predicted octanol–water partition coefficient (Wildman–Crippen LogP) is 3.03. The lowest BCUT2D eigenvalue weighted by Gasteiger charge is -2.57. The number of carbonyl (C=O) groups is 2. The van der Waals surface area contributed by atoms with Crippen LogP contribution in [0.25, 0.3) is 0 Å². The highest BCUT2D eigenvalue weighted by Gasteiger charge is 2.50. The van der Waals surface area contributed by atoms with Crippen molar-refractivity contribution in [1.29, 1.82) is 0 Å². The molecule has 4 aliphatic rings. The van der Waals surface area contributed by atoms with E-state index >= 15 is 0 Å². The highest BCUT2D eigenvalue weighted by molar-refractivity contribution is 5.94. The lowest BCUT2D eigenvalue weighted by Crippen LogP contribution is -2.46. The van der Waals surface area contributed by atoms with Crippen LogP contribution in [0.4, 0.5) is 0 Å². The molecule has 3 nitrogen and oxygen atoms in total. The Labute approximate surface area is 108 Å². The summed E-state index contributed by atoms with van der Waals surface area (Å²) in [5.41, 5.74) is 0.406. The molecule has 4 rings (SSSR count). The second kappa shape index (κ2) is 4.36. The van der Waals surface area contributed by atoms with Gasteiger partial charge < -0.3 is 5.11 Å². The van der Waals surface area contributed by atoms with Crippen LogP contribution in [0.5, 0.6) is 0 Å². The molecule has 0 radical (unpaired) electrons. The first-order valence-electron chi connectivity index (χ1n) is 7.28. The maximum absolute atomic E-state index is 11.6. The summed E-state index contributed by atoms with van der Waals surface area (Å²) < 4.78 is 0. The lowest BCUT2D eigenvalue weighted by molar-refractivity contribution is -0.140. The third kappa shape index (κ3) is 2.32. The number of Topliss-reactive ketones (excluding diaryl/α,β-unsaturated/α-hetero) is 1. The molecule has 0 unspecified atom stereocenters. The number of ketones is 1. The van der Waals surface area contributed by atoms with Crippen LogP contribution in [-0.2, 0) is 9.59 Å². The van der Waals surface area contributed by atoms with Crippen LogP contribution >= 0.6 is 0 Å². The number of aliphatic carboxylic acids is 1. The highest BCUT2D eigenvalue weighted by Crippen LogP contribution is 2.61. The van der Waals surface area contributed by atoms with E-state index in [2.05, 4.69) is 0 Å². The van der Waals surface area contributed by atoms with E-state index in [1.54, 1.807) is 0 Å². The first-order chi connectivity index (χ1) is 8.55. The zero-order valence-electron chi connectivity index (χ0n) is 10.9. The molecule has 0 aliphatic heterocycles. The Morgan fingerprint density at radius 3 is 1.94 bits per heavy atom. The molecule has 4 fully saturated rings. The fourth-order valence-corrected chi connectivity index (χ4v) is 5.26. The summed E-state index contributed by atoms with van der Waals surface area (Å²) >= 11 is 0. The average Bonchev–Trinajstić information content (AvgIpc) is 2.23. The SMILES string of the molecule is O=C(O)CC(=O)CCC12CC3CC(CC(C3)C1)C2. The van der Waals surface area contributed by atoms with E-state index in [0.717, 1.165) is 24.2 Å². The third-order valence-corrected chi connectivity index (χ3v) is 5.45. The zero-order chi connectivity index (χ0) is 12.8. The Kier molecular flexibility index (Phi) is 2.95. The number of rotatable bonds is 5. The quantitative estimate of drug-likeness (QED) is 0.763. The minimum absolute atomic E-state index is 0.0850. The van der Waals surface area contributed by atoms with Gasteiger partial charge in [-0.15, -0.1) is 0 Å². The van der Waals surface area contributed by atoms with Gasteiger partial charge in [0.25, 0.3) is 0 Å². The molecular formula is C15H22O3. The Morgan fingerprint density at radius 1 is 1.00 bits per heavy atom. The summed E-state index contributed by atoms with van der Waals surface area (Å²) in [7, 11) is 0. The normalized spacial score (nSPS) is 41.0. The maximum atomic E-state index is 11.6. The third-order valence-electron chi connectivity index (χ3n) is 5.45. The fraction of sp³-hybridized carbons (Fsp3) is 0.867. The first kappa shape index (κ1) is 12.2. The molecule has 0 amide bonds.